The van der Waals surface area contributed by atoms with Crippen molar-refractivity contribution in [3.05, 3.63) is 76.8 Å². The maximum absolute atomic E-state index is 12.7. The van der Waals surface area contributed by atoms with E-state index in [4.69, 9.17) is 16.7 Å². The monoisotopic (exact) mass is 512 g/mol. The van der Waals surface area contributed by atoms with Crippen LogP contribution in [0.4, 0.5) is 16.2 Å². The molecule has 11 nitrogen and oxygen atoms in total. The molecule has 12 heteroatoms. The molecule has 0 atom stereocenters. The molecule has 0 unspecified atom stereocenters. The number of carbonyl (C=O) groups excluding carboxylic acids is 3. The van der Waals surface area contributed by atoms with Gasteiger partial charge < -0.3 is 31.4 Å². The fraction of sp³-hybridized carbons (Fsp3) is 0.208. The van der Waals surface area contributed by atoms with Gasteiger partial charge in [-0.25, -0.2) is 9.78 Å². The third-order valence-corrected chi connectivity index (χ3v) is 5.41. The van der Waals surface area contributed by atoms with Crippen molar-refractivity contribution in [2.24, 2.45) is 0 Å². The van der Waals surface area contributed by atoms with Gasteiger partial charge in [-0.1, -0.05) is 23.7 Å². The number of anilines is 2. The highest BCUT2D eigenvalue weighted by molar-refractivity contribution is 6.34. The number of hydrogen-bond donors (Lipinski definition) is 6. The third kappa shape index (κ3) is 7.06. The molecule has 3 aromatic rings. The van der Waals surface area contributed by atoms with Crippen LogP contribution in [0.5, 0.6) is 0 Å². The highest BCUT2D eigenvalue weighted by Gasteiger charge is 2.23. The van der Waals surface area contributed by atoms with Gasteiger partial charge in [-0.15, -0.1) is 0 Å². The number of nitrogens with zero attached hydrogens (tertiary/aromatic N) is 1. The van der Waals surface area contributed by atoms with Crippen LogP contribution in [0.2, 0.25) is 5.02 Å². The SMILES string of the molecule is CC(C)(CCNC(=O)c1[nH]cnc1C(=O)Nc1ccc(NC(=O)c2ccccc2Cl)cc1)NC(=O)O. The molecule has 2 aromatic carbocycles. The lowest BCUT2D eigenvalue weighted by Crippen LogP contribution is -2.45. The lowest BCUT2D eigenvalue weighted by molar-refractivity contribution is 0.0932. The lowest BCUT2D eigenvalue weighted by atomic mass is 10.0. The van der Waals surface area contributed by atoms with Crippen molar-refractivity contribution in [3.8, 4) is 0 Å². The van der Waals surface area contributed by atoms with Crippen LogP contribution in [0, 0.1) is 0 Å². The van der Waals surface area contributed by atoms with Crippen LogP contribution in [-0.2, 0) is 0 Å². The fourth-order valence-corrected chi connectivity index (χ4v) is 3.46. The molecule has 188 valence electrons. The standard InChI is InChI=1S/C24H25ClN6O5/c1-24(2,31-23(35)36)11-12-26-21(33)18-19(28-13-27-18)22(34)30-15-9-7-14(8-10-15)29-20(32)16-5-3-4-6-17(16)25/h3-10,13,31H,11-12H2,1-2H3,(H,26,33)(H,27,28)(H,29,32)(H,30,34)(H,35,36). The number of carboxylic acid groups (broad SMARTS) is 1. The van der Waals surface area contributed by atoms with Crippen molar-refractivity contribution in [1.82, 2.24) is 20.6 Å². The molecule has 1 aromatic heterocycles. The minimum atomic E-state index is -1.16. The number of hydrogen-bond acceptors (Lipinski definition) is 5. The first-order chi connectivity index (χ1) is 17.1. The van der Waals surface area contributed by atoms with Gasteiger partial charge in [0.25, 0.3) is 17.7 Å². The molecule has 6 N–H and O–H groups in total. The van der Waals surface area contributed by atoms with E-state index in [2.05, 4.69) is 31.2 Å². The molecule has 1 heterocycles. The van der Waals surface area contributed by atoms with E-state index in [1.54, 1.807) is 62.4 Å². The van der Waals surface area contributed by atoms with Gasteiger partial charge in [-0.2, -0.15) is 0 Å². The van der Waals surface area contributed by atoms with Gasteiger partial charge in [0.1, 0.15) is 5.69 Å². The number of aromatic nitrogens is 2. The van der Waals surface area contributed by atoms with Gasteiger partial charge in [0.15, 0.2) is 5.69 Å². The Morgan fingerprint density at radius 2 is 1.56 bits per heavy atom. The Balaban J connectivity index is 1.57. The average molecular weight is 513 g/mol. The first-order valence-corrected chi connectivity index (χ1v) is 11.2. The predicted molar refractivity (Wildman–Crippen MR) is 135 cm³/mol. The van der Waals surface area contributed by atoms with Crippen LogP contribution < -0.4 is 21.3 Å². The van der Waals surface area contributed by atoms with E-state index in [1.165, 1.54) is 6.33 Å². The van der Waals surface area contributed by atoms with E-state index in [1.807, 2.05) is 0 Å². The summed E-state index contributed by atoms with van der Waals surface area (Å²) in [4.78, 5) is 55.0. The van der Waals surface area contributed by atoms with E-state index in [-0.39, 0.29) is 23.8 Å². The predicted octanol–water partition coefficient (Wildman–Crippen LogP) is 3.73. The zero-order chi connectivity index (χ0) is 26.3. The van der Waals surface area contributed by atoms with Crippen LogP contribution in [0.15, 0.2) is 54.9 Å². The maximum atomic E-state index is 12.7. The van der Waals surface area contributed by atoms with E-state index >= 15 is 0 Å². The van der Waals surface area contributed by atoms with Gasteiger partial charge in [-0.3, -0.25) is 14.4 Å². The Morgan fingerprint density at radius 1 is 0.944 bits per heavy atom. The Morgan fingerprint density at radius 3 is 2.17 bits per heavy atom. The number of carbonyl (C=O) groups is 4. The number of benzene rings is 2. The van der Waals surface area contributed by atoms with Crippen molar-refractivity contribution in [3.63, 3.8) is 0 Å². The minimum absolute atomic E-state index is 0.0277. The van der Waals surface area contributed by atoms with Gasteiger partial charge in [0.2, 0.25) is 0 Å². The first kappa shape index (κ1) is 26.2. The van der Waals surface area contributed by atoms with Gasteiger partial charge in [0, 0.05) is 23.5 Å². The molecule has 0 fully saturated rings. The van der Waals surface area contributed by atoms with Crippen molar-refractivity contribution < 1.29 is 24.3 Å². The summed E-state index contributed by atoms with van der Waals surface area (Å²) in [5, 5.41) is 19.6. The third-order valence-electron chi connectivity index (χ3n) is 5.08. The highest BCUT2D eigenvalue weighted by Crippen LogP contribution is 2.19. The minimum Gasteiger partial charge on any atom is -0.465 e. The van der Waals surface area contributed by atoms with Crippen molar-refractivity contribution in [1.29, 1.82) is 0 Å². The quantitative estimate of drug-likeness (QED) is 0.255. The summed E-state index contributed by atoms with van der Waals surface area (Å²) >= 11 is 6.05. The Kier molecular flexibility index (Phi) is 8.28. The summed E-state index contributed by atoms with van der Waals surface area (Å²) in [5.74, 6) is -1.53. The molecule has 4 amide bonds. The van der Waals surface area contributed by atoms with Gasteiger partial charge in [-0.05, 0) is 56.7 Å². The summed E-state index contributed by atoms with van der Waals surface area (Å²) in [6.07, 6.45) is 0.405. The number of amides is 4. The summed E-state index contributed by atoms with van der Waals surface area (Å²) in [6.45, 7) is 3.55. The molecule has 36 heavy (non-hydrogen) atoms. The topological polar surface area (TPSA) is 165 Å². The molecule has 0 spiro atoms. The smallest absolute Gasteiger partial charge is 0.405 e. The van der Waals surface area contributed by atoms with E-state index < -0.39 is 23.4 Å². The Labute approximate surface area is 211 Å². The maximum Gasteiger partial charge on any atom is 0.405 e. The van der Waals surface area contributed by atoms with Crippen LogP contribution in [0.25, 0.3) is 0 Å². The van der Waals surface area contributed by atoms with Crippen LogP contribution in [0.1, 0.15) is 51.6 Å². The zero-order valence-electron chi connectivity index (χ0n) is 19.5. The second-order valence-electron chi connectivity index (χ2n) is 8.41. The molecular weight excluding hydrogens is 488 g/mol. The molecular formula is C24H25ClN6O5. The number of nitrogens with one attached hydrogen (secondary N) is 5. The van der Waals surface area contributed by atoms with Crippen LogP contribution in [-0.4, -0.2) is 51.0 Å². The number of H-pyrrole nitrogens is 1. The summed E-state index contributed by atoms with van der Waals surface area (Å²) in [7, 11) is 0. The fourth-order valence-electron chi connectivity index (χ4n) is 3.24. The molecule has 0 saturated heterocycles. The molecule has 0 radical (unpaired) electrons. The number of rotatable bonds is 9. The molecule has 3 rings (SSSR count). The summed E-state index contributed by atoms with van der Waals surface area (Å²) < 4.78 is 0. The van der Waals surface area contributed by atoms with Gasteiger partial charge >= 0.3 is 6.09 Å². The molecule has 0 aliphatic carbocycles. The van der Waals surface area contributed by atoms with E-state index in [9.17, 15) is 19.2 Å². The average Bonchev–Trinajstić information content (AvgIpc) is 3.30. The largest absolute Gasteiger partial charge is 0.465 e. The lowest BCUT2D eigenvalue weighted by Gasteiger charge is -2.24. The Hall–Kier alpha value is -4.38. The van der Waals surface area contributed by atoms with Crippen molar-refractivity contribution in [2.45, 2.75) is 25.8 Å². The van der Waals surface area contributed by atoms with E-state index in [0.717, 1.165) is 0 Å². The zero-order valence-corrected chi connectivity index (χ0v) is 20.3. The number of imidazole rings is 1. The molecule has 0 aliphatic rings. The summed E-state index contributed by atoms with van der Waals surface area (Å²) in [6, 6.07) is 13.1. The molecule has 0 bridgehead atoms. The second kappa shape index (κ2) is 11.4. The first-order valence-electron chi connectivity index (χ1n) is 10.9. The molecule has 0 saturated carbocycles. The highest BCUT2D eigenvalue weighted by atomic mass is 35.5. The molecule has 0 aliphatic heterocycles. The number of halogens is 1. The number of aromatic amines is 1. The van der Waals surface area contributed by atoms with Gasteiger partial charge in [0.05, 0.1) is 16.9 Å². The van der Waals surface area contributed by atoms with Crippen LogP contribution >= 0.6 is 11.6 Å². The van der Waals surface area contributed by atoms with Crippen molar-refractivity contribution in [2.75, 3.05) is 17.2 Å². The summed E-state index contributed by atoms with van der Waals surface area (Å²) in [5.41, 5.74) is 0.380. The van der Waals surface area contributed by atoms with Crippen LogP contribution in [0.3, 0.4) is 0 Å². The van der Waals surface area contributed by atoms with E-state index in [0.29, 0.717) is 28.4 Å². The second-order valence-corrected chi connectivity index (χ2v) is 8.82. The normalized spacial score (nSPS) is 10.9. The van der Waals surface area contributed by atoms with Crippen molar-refractivity contribution >= 4 is 46.8 Å². The Bertz CT molecular complexity index is 1270.